The number of rotatable bonds is 3. The van der Waals surface area contributed by atoms with Gasteiger partial charge in [-0.1, -0.05) is 60.6 Å². The predicted octanol–water partition coefficient (Wildman–Crippen LogP) is 4.92. The molecule has 0 heterocycles. The Labute approximate surface area is 110 Å². The summed E-state index contributed by atoms with van der Waals surface area (Å²) >= 11 is 0. The van der Waals surface area contributed by atoms with Gasteiger partial charge in [0.1, 0.15) is 0 Å². The number of fused-ring (bicyclic) bond motifs is 1. The summed E-state index contributed by atoms with van der Waals surface area (Å²) in [5.41, 5.74) is 3.21. The molecule has 3 rings (SSSR count). The van der Waals surface area contributed by atoms with Crippen molar-refractivity contribution in [1.82, 2.24) is 0 Å². The third kappa shape index (κ3) is 2.58. The minimum absolute atomic E-state index is 0.783. The smallest absolute Gasteiger partial charge is 0.0137 e. The molecule has 0 bridgehead atoms. The molecule has 2 aliphatic carbocycles. The number of allylic oxidation sites excluding steroid dienone is 4. The Kier molecular flexibility index (Phi) is 3.64. The second kappa shape index (κ2) is 5.56. The molecule has 1 fully saturated rings. The summed E-state index contributed by atoms with van der Waals surface area (Å²) in [6.45, 7) is 0. The zero-order valence-electron chi connectivity index (χ0n) is 11.0. The first kappa shape index (κ1) is 11.8. The van der Waals surface area contributed by atoms with E-state index in [1.54, 1.807) is 5.57 Å². The lowest BCUT2D eigenvalue weighted by molar-refractivity contribution is 0.345. The van der Waals surface area contributed by atoms with E-state index in [2.05, 4.69) is 48.6 Å². The van der Waals surface area contributed by atoms with E-state index >= 15 is 0 Å². The summed E-state index contributed by atoms with van der Waals surface area (Å²) in [5.74, 6) is 1.64. The van der Waals surface area contributed by atoms with E-state index in [1.165, 1.54) is 44.1 Å². The third-order valence-corrected chi connectivity index (χ3v) is 4.50. The number of hydrogen-bond donors (Lipinski definition) is 0. The molecular weight excluding hydrogens is 216 g/mol. The van der Waals surface area contributed by atoms with E-state index in [4.69, 9.17) is 0 Å². The summed E-state index contributed by atoms with van der Waals surface area (Å²) in [4.78, 5) is 0. The standard InChI is InChI=1S/C18H22/c1-2-7-15(8-3-1)13-14-17-11-6-10-16-9-4-5-12-18(16)17/h1-3,6-8,10-11,17-18H,4-5,9,12-14H2/t17-,18-/m1/s1. The molecule has 0 spiro atoms. The molecule has 2 aliphatic rings. The first-order chi connectivity index (χ1) is 8.93. The molecule has 0 nitrogen and oxygen atoms in total. The highest BCUT2D eigenvalue weighted by molar-refractivity contribution is 5.25. The van der Waals surface area contributed by atoms with Crippen LogP contribution in [-0.4, -0.2) is 0 Å². The molecule has 1 aromatic rings. The maximum Gasteiger partial charge on any atom is -0.0137 e. The molecule has 0 unspecified atom stereocenters. The van der Waals surface area contributed by atoms with Crippen molar-refractivity contribution in [2.24, 2.45) is 11.8 Å². The van der Waals surface area contributed by atoms with Crippen molar-refractivity contribution in [3.63, 3.8) is 0 Å². The Morgan fingerprint density at radius 1 is 1.06 bits per heavy atom. The molecule has 0 saturated heterocycles. The Hall–Kier alpha value is -1.30. The van der Waals surface area contributed by atoms with E-state index in [0.29, 0.717) is 0 Å². The van der Waals surface area contributed by atoms with Gasteiger partial charge >= 0.3 is 0 Å². The molecular formula is C18H22. The van der Waals surface area contributed by atoms with Gasteiger partial charge in [0.25, 0.3) is 0 Å². The van der Waals surface area contributed by atoms with Crippen molar-refractivity contribution >= 4 is 0 Å². The van der Waals surface area contributed by atoms with Crippen LogP contribution in [0.1, 0.15) is 37.7 Å². The SMILES string of the molecule is C1=C[C@H](CCc2ccccc2)[C@@H]2CCCCC2=C1. The second-order valence-corrected chi connectivity index (χ2v) is 5.67. The normalized spacial score (nSPS) is 26.6. The highest BCUT2D eigenvalue weighted by atomic mass is 14.3. The molecule has 0 radical (unpaired) electrons. The Morgan fingerprint density at radius 3 is 2.83 bits per heavy atom. The van der Waals surface area contributed by atoms with Gasteiger partial charge in [-0.05, 0) is 49.5 Å². The van der Waals surface area contributed by atoms with Crippen LogP contribution in [0.25, 0.3) is 0 Å². The molecule has 18 heavy (non-hydrogen) atoms. The molecule has 0 aliphatic heterocycles. The molecule has 0 aromatic heterocycles. The zero-order valence-corrected chi connectivity index (χ0v) is 11.0. The molecule has 0 heteroatoms. The van der Waals surface area contributed by atoms with E-state index in [-0.39, 0.29) is 0 Å². The van der Waals surface area contributed by atoms with Gasteiger partial charge < -0.3 is 0 Å². The van der Waals surface area contributed by atoms with Crippen LogP contribution in [0, 0.1) is 11.8 Å². The number of benzene rings is 1. The quantitative estimate of drug-likeness (QED) is 0.701. The first-order valence-corrected chi connectivity index (χ1v) is 7.34. The fourth-order valence-electron chi connectivity index (χ4n) is 3.49. The fraction of sp³-hybridized carbons (Fsp3) is 0.444. The first-order valence-electron chi connectivity index (χ1n) is 7.34. The van der Waals surface area contributed by atoms with Gasteiger partial charge in [-0.25, -0.2) is 0 Å². The molecule has 1 saturated carbocycles. The second-order valence-electron chi connectivity index (χ2n) is 5.67. The summed E-state index contributed by atoms with van der Waals surface area (Å²) in [6.07, 6.45) is 15.2. The van der Waals surface area contributed by atoms with Crippen LogP contribution >= 0.6 is 0 Å². The molecule has 0 N–H and O–H groups in total. The predicted molar refractivity (Wildman–Crippen MR) is 77.4 cm³/mol. The van der Waals surface area contributed by atoms with E-state index in [0.717, 1.165) is 11.8 Å². The van der Waals surface area contributed by atoms with Gasteiger partial charge in [0.15, 0.2) is 0 Å². The van der Waals surface area contributed by atoms with Crippen LogP contribution in [0.4, 0.5) is 0 Å². The van der Waals surface area contributed by atoms with Crippen molar-refractivity contribution in [3.8, 4) is 0 Å². The van der Waals surface area contributed by atoms with Gasteiger partial charge in [-0.3, -0.25) is 0 Å². The summed E-state index contributed by atoms with van der Waals surface area (Å²) in [7, 11) is 0. The Balaban J connectivity index is 1.63. The lowest BCUT2D eigenvalue weighted by Crippen LogP contribution is -2.21. The van der Waals surface area contributed by atoms with Crippen LogP contribution < -0.4 is 0 Å². The van der Waals surface area contributed by atoms with Gasteiger partial charge in [0.05, 0.1) is 0 Å². The topological polar surface area (TPSA) is 0 Å². The van der Waals surface area contributed by atoms with Crippen molar-refractivity contribution in [2.75, 3.05) is 0 Å². The van der Waals surface area contributed by atoms with Crippen molar-refractivity contribution in [3.05, 3.63) is 59.7 Å². The maximum absolute atomic E-state index is 2.45. The Bertz CT molecular complexity index is 438. The van der Waals surface area contributed by atoms with Crippen molar-refractivity contribution in [1.29, 1.82) is 0 Å². The number of hydrogen-bond acceptors (Lipinski definition) is 0. The zero-order chi connectivity index (χ0) is 12.2. The minimum Gasteiger partial charge on any atom is -0.0808 e. The summed E-state index contributed by atoms with van der Waals surface area (Å²) in [6, 6.07) is 10.9. The van der Waals surface area contributed by atoms with Gasteiger partial charge in [-0.2, -0.15) is 0 Å². The van der Waals surface area contributed by atoms with Crippen molar-refractivity contribution in [2.45, 2.75) is 38.5 Å². The summed E-state index contributed by atoms with van der Waals surface area (Å²) < 4.78 is 0. The van der Waals surface area contributed by atoms with E-state index in [9.17, 15) is 0 Å². The number of aryl methyl sites for hydroxylation is 1. The molecule has 1 aromatic carbocycles. The van der Waals surface area contributed by atoms with Crippen LogP contribution in [0.5, 0.6) is 0 Å². The average molecular weight is 238 g/mol. The summed E-state index contributed by atoms with van der Waals surface area (Å²) in [5, 5.41) is 0. The monoisotopic (exact) mass is 238 g/mol. The highest BCUT2D eigenvalue weighted by Crippen LogP contribution is 2.39. The maximum atomic E-state index is 2.45. The minimum atomic E-state index is 0.783. The van der Waals surface area contributed by atoms with Gasteiger partial charge in [-0.15, -0.1) is 0 Å². The average Bonchev–Trinajstić information content (AvgIpc) is 2.46. The highest BCUT2D eigenvalue weighted by Gasteiger charge is 2.26. The van der Waals surface area contributed by atoms with Crippen LogP contribution in [0.2, 0.25) is 0 Å². The molecule has 94 valence electrons. The van der Waals surface area contributed by atoms with E-state index < -0.39 is 0 Å². The molecule has 0 amide bonds. The fourth-order valence-corrected chi connectivity index (χ4v) is 3.49. The molecule has 2 atom stereocenters. The van der Waals surface area contributed by atoms with Gasteiger partial charge in [0, 0.05) is 0 Å². The third-order valence-electron chi connectivity index (χ3n) is 4.50. The lowest BCUT2D eigenvalue weighted by atomic mass is 9.72. The van der Waals surface area contributed by atoms with Gasteiger partial charge in [0.2, 0.25) is 0 Å². The van der Waals surface area contributed by atoms with Crippen LogP contribution in [-0.2, 0) is 6.42 Å². The Morgan fingerprint density at radius 2 is 1.94 bits per heavy atom. The largest absolute Gasteiger partial charge is 0.0808 e. The van der Waals surface area contributed by atoms with E-state index in [1.807, 2.05) is 0 Å². The lowest BCUT2D eigenvalue weighted by Gasteiger charge is -2.33. The van der Waals surface area contributed by atoms with Crippen LogP contribution in [0.15, 0.2) is 54.1 Å². The van der Waals surface area contributed by atoms with Crippen molar-refractivity contribution < 1.29 is 0 Å². The van der Waals surface area contributed by atoms with Crippen LogP contribution in [0.3, 0.4) is 0 Å².